The number of hydrogen-bond acceptors (Lipinski definition) is 3. The first kappa shape index (κ1) is 16.8. The molecule has 1 aliphatic heterocycles. The summed E-state index contributed by atoms with van der Waals surface area (Å²) >= 11 is 0. The average Bonchev–Trinajstić information content (AvgIpc) is 2.45. The molecule has 1 N–H and O–H groups in total. The van der Waals surface area contributed by atoms with Gasteiger partial charge in [-0.1, -0.05) is 13.0 Å². The minimum Gasteiger partial charge on any atom is -0.494 e. The van der Waals surface area contributed by atoms with Crippen molar-refractivity contribution in [1.29, 1.82) is 0 Å². The standard InChI is InChI=1S/C15H22N2O2.ClH/c1-3-9-19-14-6-4-5-13(10-14)15(18)17-8-7-16-11-12(17)2;/h4-6,10,12,16H,3,7-9,11H2,1-2H3;1H. The Labute approximate surface area is 126 Å². The van der Waals surface area contributed by atoms with E-state index < -0.39 is 0 Å². The summed E-state index contributed by atoms with van der Waals surface area (Å²) in [5.41, 5.74) is 0.711. The highest BCUT2D eigenvalue weighted by molar-refractivity contribution is 5.94. The highest BCUT2D eigenvalue weighted by Gasteiger charge is 2.24. The molecule has 1 aromatic rings. The first-order valence-corrected chi connectivity index (χ1v) is 6.97. The number of nitrogens with one attached hydrogen (secondary N) is 1. The van der Waals surface area contributed by atoms with Crippen molar-refractivity contribution in [3.8, 4) is 5.75 Å². The maximum Gasteiger partial charge on any atom is 0.254 e. The summed E-state index contributed by atoms with van der Waals surface area (Å²) in [4.78, 5) is 14.4. The van der Waals surface area contributed by atoms with Gasteiger partial charge in [0.2, 0.25) is 0 Å². The van der Waals surface area contributed by atoms with Gasteiger partial charge in [0.05, 0.1) is 6.61 Å². The fourth-order valence-corrected chi connectivity index (χ4v) is 2.25. The third-order valence-electron chi connectivity index (χ3n) is 3.32. The van der Waals surface area contributed by atoms with Crippen LogP contribution in [0.15, 0.2) is 24.3 Å². The van der Waals surface area contributed by atoms with Crippen LogP contribution in [0, 0.1) is 0 Å². The first-order chi connectivity index (χ1) is 9.22. The smallest absolute Gasteiger partial charge is 0.254 e. The molecule has 0 aliphatic carbocycles. The van der Waals surface area contributed by atoms with Crippen molar-refractivity contribution in [2.45, 2.75) is 26.3 Å². The van der Waals surface area contributed by atoms with E-state index in [0.717, 1.165) is 31.8 Å². The lowest BCUT2D eigenvalue weighted by Gasteiger charge is -2.34. The predicted molar refractivity (Wildman–Crippen MR) is 82.8 cm³/mol. The largest absolute Gasteiger partial charge is 0.494 e. The van der Waals surface area contributed by atoms with Gasteiger partial charge < -0.3 is 15.0 Å². The Kier molecular flexibility index (Phi) is 6.82. The summed E-state index contributed by atoms with van der Waals surface area (Å²) in [6, 6.07) is 7.71. The highest BCUT2D eigenvalue weighted by Crippen LogP contribution is 2.17. The Balaban J connectivity index is 0.00000200. The van der Waals surface area contributed by atoms with Crippen LogP contribution >= 0.6 is 12.4 Å². The quantitative estimate of drug-likeness (QED) is 0.927. The zero-order valence-electron chi connectivity index (χ0n) is 12.1. The van der Waals surface area contributed by atoms with E-state index in [4.69, 9.17) is 4.74 Å². The van der Waals surface area contributed by atoms with Crippen LogP contribution in [0.25, 0.3) is 0 Å². The molecule has 4 nitrogen and oxygen atoms in total. The molecule has 1 atom stereocenters. The van der Waals surface area contributed by atoms with E-state index in [2.05, 4.69) is 19.2 Å². The second kappa shape index (κ2) is 8.12. The average molecular weight is 299 g/mol. The van der Waals surface area contributed by atoms with Crippen molar-refractivity contribution in [2.75, 3.05) is 26.2 Å². The van der Waals surface area contributed by atoms with Crippen molar-refractivity contribution in [2.24, 2.45) is 0 Å². The van der Waals surface area contributed by atoms with Crippen LogP contribution in [0.3, 0.4) is 0 Å². The fraction of sp³-hybridized carbons (Fsp3) is 0.533. The van der Waals surface area contributed by atoms with Gasteiger partial charge in [0, 0.05) is 31.2 Å². The maximum atomic E-state index is 12.5. The summed E-state index contributed by atoms with van der Waals surface area (Å²) in [5, 5.41) is 3.29. The summed E-state index contributed by atoms with van der Waals surface area (Å²) in [5.74, 6) is 0.867. The topological polar surface area (TPSA) is 41.6 Å². The molecule has 1 fully saturated rings. The molecule has 0 bridgehead atoms. The first-order valence-electron chi connectivity index (χ1n) is 6.97. The minimum absolute atomic E-state index is 0. The molecule has 20 heavy (non-hydrogen) atoms. The number of benzene rings is 1. The lowest BCUT2D eigenvalue weighted by atomic mass is 10.1. The molecule has 0 saturated carbocycles. The maximum absolute atomic E-state index is 12.5. The molecular formula is C15H23ClN2O2. The monoisotopic (exact) mass is 298 g/mol. The fourth-order valence-electron chi connectivity index (χ4n) is 2.25. The molecule has 5 heteroatoms. The van der Waals surface area contributed by atoms with E-state index in [1.54, 1.807) is 0 Å². The zero-order chi connectivity index (χ0) is 13.7. The van der Waals surface area contributed by atoms with E-state index in [9.17, 15) is 4.79 Å². The van der Waals surface area contributed by atoms with Gasteiger partial charge in [-0.3, -0.25) is 4.79 Å². The molecule has 1 amide bonds. The summed E-state index contributed by atoms with van der Waals surface area (Å²) in [6.07, 6.45) is 0.965. The molecule has 2 rings (SSSR count). The van der Waals surface area contributed by atoms with Crippen LogP contribution in [0.4, 0.5) is 0 Å². The second-order valence-corrected chi connectivity index (χ2v) is 4.93. The Morgan fingerprint density at radius 2 is 2.30 bits per heavy atom. The molecule has 0 spiro atoms. The van der Waals surface area contributed by atoms with Crippen molar-refractivity contribution in [3.63, 3.8) is 0 Å². The van der Waals surface area contributed by atoms with Gasteiger partial charge >= 0.3 is 0 Å². The Bertz CT molecular complexity index is 440. The third-order valence-corrected chi connectivity index (χ3v) is 3.32. The molecule has 1 unspecified atom stereocenters. The van der Waals surface area contributed by atoms with Gasteiger partial charge in [0.15, 0.2) is 0 Å². The minimum atomic E-state index is 0. The number of carbonyl (C=O) groups is 1. The molecule has 1 heterocycles. The number of amides is 1. The van der Waals surface area contributed by atoms with E-state index in [-0.39, 0.29) is 24.4 Å². The van der Waals surface area contributed by atoms with Crippen molar-refractivity contribution in [1.82, 2.24) is 10.2 Å². The number of hydrogen-bond donors (Lipinski definition) is 1. The molecule has 1 aromatic carbocycles. The SMILES string of the molecule is CCCOc1cccc(C(=O)N2CCNCC2C)c1.Cl. The molecule has 1 saturated heterocycles. The number of carbonyl (C=O) groups excluding carboxylic acids is 1. The van der Waals surface area contributed by atoms with Crippen LogP contribution in [-0.4, -0.2) is 43.1 Å². The predicted octanol–water partition coefficient (Wildman–Crippen LogP) is 2.33. The zero-order valence-corrected chi connectivity index (χ0v) is 12.9. The lowest BCUT2D eigenvalue weighted by molar-refractivity contribution is 0.0655. The normalized spacial score (nSPS) is 18.3. The van der Waals surface area contributed by atoms with Crippen molar-refractivity contribution < 1.29 is 9.53 Å². The highest BCUT2D eigenvalue weighted by atomic mass is 35.5. The molecule has 1 aliphatic rings. The Morgan fingerprint density at radius 1 is 1.50 bits per heavy atom. The summed E-state index contributed by atoms with van der Waals surface area (Å²) in [6.45, 7) is 7.31. The van der Waals surface area contributed by atoms with E-state index in [1.807, 2.05) is 29.2 Å². The van der Waals surface area contributed by atoms with Crippen LogP contribution in [-0.2, 0) is 0 Å². The van der Waals surface area contributed by atoms with Crippen LogP contribution in [0.5, 0.6) is 5.75 Å². The number of halogens is 1. The molecule has 0 aromatic heterocycles. The Hall–Kier alpha value is -1.26. The molecule has 0 radical (unpaired) electrons. The van der Waals surface area contributed by atoms with E-state index in [1.165, 1.54) is 0 Å². The number of ether oxygens (including phenoxy) is 1. The molecular weight excluding hydrogens is 276 g/mol. The van der Waals surface area contributed by atoms with Crippen LogP contribution in [0.1, 0.15) is 30.6 Å². The third kappa shape index (κ3) is 4.12. The lowest BCUT2D eigenvalue weighted by Crippen LogP contribution is -2.52. The van der Waals surface area contributed by atoms with Gasteiger partial charge in [-0.25, -0.2) is 0 Å². The van der Waals surface area contributed by atoms with Gasteiger partial charge in [0.25, 0.3) is 5.91 Å². The number of piperazine rings is 1. The van der Waals surface area contributed by atoms with E-state index in [0.29, 0.717) is 12.2 Å². The van der Waals surface area contributed by atoms with Gasteiger partial charge in [-0.05, 0) is 31.5 Å². The summed E-state index contributed by atoms with van der Waals surface area (Å²) in [7, 11) is 0. The number of nitrogens with zero attached hydrogens (tertiary/aromatic N) is 1. The van der Waals surface area contributed by atoms with Crippen molar-refractivity contribution >= 4 is 18.3 Å². The Morgan fingerprint density at radius 3 is 3.00 bits per heavy atom. The van der Waals surface area contributed by atoms with E-state index >= 15 is 0 Å². The van der Waals surface area contributed by atoms with Crippen LogP contribution in [0.2, 0.25) is 0 Å². The molecule has 112 valence electrons. The van der Waals surface area contributed by atoms with Crippen LogP contribution < -0.4 is 10.1 Å². The van der Waals surface area contributed by atoms with Gasteiger partial charge in [-0.2, -0.15) is 0 Å². The van der Waals surface area contributed by atoms with Gasteiger partial charge in [-0.15, -0.1) is 12.4 Å². The second-order valence-electron chi connectivity index (χ2n) is 4.93. The van der Waals surface area contributed by atoms with Crippen molar-refractivity contribution in [3.05, 3.63) is 29.8 Å². The number of rotatable bonds is 4. The summed E-state index contributed by atoms with van der Waals surface area (Å²) < 4.78 is 5.58. The van der Waals surface area contributed by atoms with Gasteiger partial charge in [0.1, 0.15) is 5.75 Å².